The predicted octanol–water partition coefficient (Wildman–Crippen LogP) is 2.15. The van der Waals surface area contributed by atoms with Gasteiger partial charge in [0, 0.05) is 0 Å². The molecule has 2 aromatic rings. The summed E-state index contributed by atoms with van der Waals surface area (Å²) in [5.41, 5.74) is 0.796. The van der Waals surface area contributed by atoms with Crippen molar-refractivity contribution in [2.75, 3.05) is 14.1 Å². The number of carboxylic acid groups (broad SMARTS) is 2. The number of thiazole rings is 1. The van der Waals surface area contributed by atoms with E-state index >= 15 is 0 Å². The Bertz CT molecular complexity index is 582. The summed E-state index contributed by atoms with van der Waals surface area (Å²) in [6.45, 7) is 0. The van der Waals surface area contributed by atoms with Crippen molar-refractivity contribution in [3.05, 3.63) is 24.3 Å². The average molecular weight is 328 g/mol. The lowest BCUT2D eigenvalue weighted by Gasteiger charge is -2.06. The summed E-state index contributed by atoms with van der Waals surface area (Å²) in [6, 6.07) is 7.45. The molecule has 1 aromatic carbocycles. The Balaban J connectivity index is 0.000000677. The maximum absolute atomic E-state index is 10.9. The Labute approximate surface area is 130 Å². The number of nitrogens with one attached hydrogen (secondary N) is 1. The number of carbonyl (C=O) groups is 2. The highest BCUT2D eigenvalue weighted by molar-refractivity contribution is 8.02. The number of rotatable bonds is 5. The fourth-order valence-corrected chi connectivity index (χ4v) is 3.59. The summed E-state index contributed by atoms with van der Waals surface area (Å²) in [5.74, 6) is -2.27. The minimum atomic E-state index is -1.14. The molecule has 0 radical (unpaired) electrons. The van der Waals surface area contributed by atoms with Gasteiger partial charge < -0.3 is 15.5 Å². The van der Waals surface area contributed by atoms with E-state index in [2.05, 4.69) is 10.3 Å². The Hall–Kier alpha value is -1.64. The van der Waals surface area contributed by atoms with Crippen LogP contribution >= 0.6 is 23.1 Å². The van der Waals surface area contributed by atoms with Gasteiger partial charge in [-0.3, -0.25) is 9.59 Å². The second-order valence-electron chi connectivity index (χ2n) is 3.99. The number of aromatic nitrogens is 1. The second kappa shape index (κ2) is 8.60. The lowest BCUT2D eigenvalue weighted by molar-refractivity contribution is -0.142. The molecule has 1 atom stereocenters. The van der Waals surface area contributed by atoms with Crippen molar-refractivity contribution in [2.45, 2.75) is 16.0 Å². The van der Waals surface area contributed by atoms with Crippen molar-refractivity contribution < 1.29 is 19.8 Å². The maximum atomic E-state index is 10.9. The molecule has 6 nitrogen and oxygen atoms in total. The van der Waals surface area contributed by atoms with Gasteiger partial charge in [-0.1, -0.05) is 23.9 Å². The van der Waals surface area contributed by atoms with Gasteiger partial charge in [-0.05, 0) is 26.2 Å². The summed E-state index contributed by atoms with van der Waals surface area (Å²) in [6.07, 6.45) is -0.421. The molecular weight excluding hydrogens is 312 g/mol. The number of benzene rings is 1. The zero-order valence-corrected chi connectivity index (χ0v) is 13.2. The van der Waals surface area contributed by atoms with Gasteiger partial charge in [0.05, 0.1) is 16.6 Å². The molecule has 0 aliphatic heterocycles. The number of thioether (sulfide) groups is 1. The van der Waals surface area contributed by atoms with E-state index in [1.807, 2.05) is 38.4 Å². The highest BCUT2D eigenvalue weighted by Crippen LogP contribution is 2.33. The van der Waals surface area contributed by atoms with Crippen LogP contribution in [0.25, 0.3) is 10.2 Å². The number of aliphatic carboxylic acids is 2. The van der Waals surface area contributed by atoms with Gasteiger partial charge in [-0.2, -0.15) is 0 Å². The first-order valence-electron chi connectivity index (χ1n) is 6.03. The monoisotopic (exact) mass is 328 g/mol. The highest BCUT2D eigenvalue weighted by atomic mass is 32.2. The summed E-state index contributed by atoms with van der Waals surface area (Å²) in [4.78, 5) is 25.8. The molecule has 0 spiro atoms. The van der Waals surface area contributed by atoms with Crippen molar-refractivity contribution in [2.24, 2.45) is 0 Å². The fraction of sp³-hybridized carbons (Fsp3) is 0.308. The van der Waals surface area contributed by atoms with E-state index in [1.165, 1.54) is 11.3 Å². The third kappa shape index (κ3) is 5.70. The lowest BCUT2D eigenvalue weighted by Crippen LogP contribution is -2.20. The van der Waals surface area contributed by atoms with Gasteiger partial charge in [0.2, 0.25) is 0 Å². The van der Waals surface area contributed by atoms with Crippen LogP contribution in [0.5, 0.6) is 0 Å². The van der Waals surface area contributed by atoms with E-state index in [9.17, 15) is 9.59 Å². The molecule has 21 heavy (non-hydrogen) atoms. The third-order valence-corrected chi connectivity index (χ3v) is 4.47. The topological polar surface area (TPSA) is 99.5 Å². The first kappa shape index (κ1) is 17.4. The lowest BCUT2D eigenvalue weighted by atomic mass is 10.3. The zero-order valence-electron chi connectivity index (χ0n) is 11.6. The summed E-state index contributed by atoms with van der Waals surface area (Å²) in [7, 11) is 3.75. The van der Waals surface area contributed by atoms with Crippen LogP contribution < -0.4 is 5.32 Å². The number of fused-ring (bicyclic) bond motifs is 1. The molecule has 3 N–H and O–H groups in total. The van der Waals surface area contributed by atoms with Crippen LogP contribution in [-0.4, -0.2) is 46.5 Å². The van der Waals surface area contributed by atoms with Crippen LogP contribution in [-0.2, 0) is 9.59 Å². The smallest absolute Gasteiger partial charge is 0.317 e. The number of para-hydroxylation sites is 1. The zero-order chi connectivity index (χ0) is 15.8. The summed E-state index contributed by atoms with van der Waals surface area (Å²) >= 11 is 2.34. The number of hydrogen-bond donors (Lipinski definition) is 3. The molecule has 2 rings (SSSR count). The second-order valence-corrected chi connectivity index (χ2v) is 6.47. The molecule has 0 saturated carbocycles. The van der Waals surface area contributed by atoms with E-state index in [-0.39, 0.29) is 0 Å². The van der Waals surface area contributed by atoms with E-state index in [0.29, 0.717) is 4.34 Å². The van der Waals surface area contributed by atoms with Crippen molar-refractivity contribution >= 4 is 45.3 Å². The van der Waals surface area contributed by atoms with Crippen LogP contribution in [0.3, 0.4) is 0 Å². The quantitative estimate of drug-likeness (QED) is 0.723. The van der Waals surface area contributed by atoms with E-state index in [0.717, 1.165) is 22.0 Å². The molecule has 1 heterocycles. The van der Waals surface area contributed by atoms with Gasteiger partial charge in [0.25, 0.3) is 0 Å². The first-order chi connectivity index (χ1) is 9.97. The number of carboxylic acids is 2. The van der Waals surface area contributed by atoms with Crippen LogP contribution in [0.2, 0.25) is 0 Å². The largest absolute Gasteiger partial charge is 0.481 e. The Morgan fingerprint density at radius 1 is 1.33 bits per heavy atom. The summed E-state index contributed by atoms with van der Waals surface area (Å²) in [5, 5.41) is 19.3. The van der Waals surface area contributed by atoms with E-state index in [4.69, 9.17) is 10.2 Å². The van der Waals surface area contributed by atoms with Gasteiger partial charge >= 0.3 is 11.9 Å². The van der Waals surface area contributed by atoms with Crippen molar-refractivity contribution in [1.82, 2.24) is 10.3 Å². The molecule has 0 bridgehead atoms. The Kier molecular flexibility index (Phi) is 7.13. The SMILES string of the molecule is CNC.O=C(O)CC(Sc1nc2ccccc2s1)C(=O)O. The average Bonchev–Trinajstić information content (AvgIpc) is 2.80. The minimum absolute atomic E-state index is 0.421. The molecule has 0 aliphatic carbocycles. The van der Waals surface area contributed by atoms with Gasteiger partial charge in [0.1, 0.15) is 5.25 Å². The molecule has 8 heteroatoms. The van der Waals surface area contributed by atoms with Crippen LogP contribution in [0.15, 0.2) is 28.6 Å². The normalized spacial score (nSPS) is 11.5. The maximum Gasteiger partial charge on any atom is 0.317 e. The fourth-order valence-electron chi connectivity index (χ4n) is 1.36. The van der Waals surface area contributed by atoms with Crippen molar-refractivity contribution in [1.29, 1.82) is 0 Å². The highest BCUT2D eigenvalue weighted by Gasteiger charge is 2.23. The van der Waals surface area contributed by atoms with Crippen LogP contribution in [0, 0.1) is 0 Å². The summed E-state index contributed by atoms with van der Waals surface area (Å²) < 4.78 is 1.53. The molecule has 0 fully saturated rings. The molecule has 0 aliphatic rings. The van der Waals surface area contributed by atoms with E-state index < -0.39 is 23.6 Å². The third-order valence-electron chi connectivity index (χ3n) is 2.15. The molecule has 1 aromatic heterocycles. The molecule has 114 valence electrons. The number of nitrogens with zero attached hydrogens (tertiary/aromatic N) is 1. The predicted molar refractivity (Wildman–Crippen MR) is 84.1 cm³/mol. The minimum Gasteiger partial charge on any atom is -0.481 e. The van der Waals surface area contributed by atoms with Crippen LogP contribution in [0.4, 0.5) is 0 Å². The van der Waals surface area contributed by atoms with Crippen molar-refractivity contribution in [3.8, 4) is 0 Å². The van der Waals surface area contributed by atoms with Gasteiger partial charge in [0.15, 0.2) is 4.34 Å². The standard InChI is InChI=1S/C11H9NO4S2.C2H7N/c13-9(14)5-8(10(15)16)18-11-12-6-3-1-2-4-7(6)17-11;1-3-2/h1-4,8H,5H2,(H,13,14)(H,15,16);3H,1-2H3. The molecule has 0 saturated heterocycles. The number of hydrogen-bond acceptors (Lipinski definition) is 6. The Morgan fingerprint density at radius 3 is 2.48 bits per heavy atom. The molecule has 0 amide bonds. The first-order valence-corrected chi connectivity index (χ1v) is 7.72. The molecule has 1 unspecified atom stereocenters. The van der Waals surface area contributed by atoms with Gasteiger partial charge in [-0.15, -0.1) is 11.3 Å². The van der Waals surface area contributed by atoms with E-state index in [1.54, 1.807) is 0 Å². The van der Waals surface area contributed by atoms with Gasteiger partial charge in [-0.25, -0.2) is 4.98 Å². The van der Waals surface area contributed by atoms with Crippen LogP contribution in [0.1, 0.15) is 6.42 Å². The Morgan fingerprint density at radius 2 is 1.95 bits per heavy atom. The molecular formula is C13H16N2O4S2. The van der Waals surface area contributed by atoms with Crippen molar-refractivity contribution in [3.63, 3.8) is 0 Å².